The Bertz CT molecular complexity index is 549. The molecule has 0 unspecified atom stereocenters. The molecule has 0 radical (unpaired) electrons. The highest BCUT2D eigenvalue weighted by molar-refractivity contribution is 6.32. The zero-order chi connectivity index (χ0) is 16.2. The first-order chi connectivity index (χ1) is 9.61. The summed E-state index contributed by atoms with van der Waals surface area (Å²) in [7, 11) is 0. The minimum Gasteiger partial charge on any atom is -0.481 e. The number of hydrogen-bond donors (Lipinski definition) is 2. The summed E-state index contributed by atoms with van der Waals surface area (Å²) in [4.78, 5) is 22.7. The molecule has 0 saturated carbocycles. The number of carbonyl (C=O) groups excluding carboxylic acids is 1. The molecule has 0 heterocycles. The third kappa shape index (κ3) is 5.18. The molecule has 1 aromatic carbocycles. The Hall–Kier alpha value is -1.89. The first-order valence-corrected chi connectivity index (χ1v) is 6.27. The van der Waals surface area contributed by atoms with Gasteiger partial charge in [-0.2, -0.15) is 8.78 Å². The monoisotopic (exact) mass is 321 g/mol. The maximum Gasteiger partial charge on any atom is 0.387 e. The van der Waals surface area contributed by atoms with Gasteiger partial charge in [0.1, 0.15) is 5.75 Å². The molecule has 1 amide bonds. The van der Waals surface area contributed by atoms with E-state index in [9.17, 15) is 18.4 Å². The number of hydrogen-bond acceptors (Lipinski definition) is 3. The Labute approximate surface area is 124 Å². The molecular formula is C13H14ClF2NO4. The number of halogens is 3. The third-order valence-electron chi connectivity index (χ3n) is 2.61. The van der Waals surface area contributed by atoms with Gasteiger partial charge in [-0.05, 0) is 26.0 Å². The van der Waals surface area contributed by atoms with Gasteiger partial charge in [-0.15, -0.1) is 0 Å². The van der Waals surface area contributed by atoms with Gasteiger partial charge >= 0.3 is 12.6 Å². The Kier molecular flexibility index (Phi) is 5.48. The van der Waals surface area contributed by atoms with Crippen molar-refractivity contribution in [3.05, 3.63) is 23.2 Å². The van der Waals surface area contributed by atoms with Gasteiger partial charge in [-0.3, -0.25) is 9.59 Å². The molecule has 5 nitrogen and oxygen atoms in total. The van der Waals surface area contributed by atoms with Crippen LogP contribution in [0.3, 0.4) is 0 Å². The summed E-state index contributed by atoms with van der Waals surface area (Å²) in [6.45, 7) is -0.232. The van der Waals surface area contributed by atoms with Gasteiger partial charge in [-0.25, -0.2) is 0 Å². The van der Waals surface area contributed by atoms with E-state index in [1.54, 1.807) is 0 Å². The van der Waals surface area contributed by atoms with Crippen LogP contribution in [0, 0.1) is 5.41 Å². The van der Waals surface area contributed by atoms with Crippen LogP contribution in [0.15, 0.2) is 18.2 Å². The molecule has 0 saturated heterocycles. The van der Waals surface area contributed by atoms with Crippen molar-refractivity contribution < 1.29 is 28.2 Å². The lowest BCUT2D eigenvalue weighted by Gasteiger charge is -2.18. The average Bonchev–Trinajstić information content (AvgIpc) is 2.31. The van der Waals surface area contributed by atoms with Crippen molar-refractivity contribution in [3.63, 3.8) is 0 Å². The topological polar surface area (TPSA) is 75.6 Å². The van der Waals surface area contributed by atoms with Crippen LogP contribution < -0.4 is 10.1 Å². The van der Waals surface area contributed by atoms with E-state index >= 15 is 0 Å². The molecule has 0 atom stereocenters. The van der Waals surface area contributed by atoms with E-state index in [1.807, 2.05) is 0 Å². The quantitative estimate of drug-likeness (QED) is 0.842. The van der Waals surface area contributed by atoms with Crippen molar-refractivity contribution in [1.82, 2.24) is 0 Å². The number of anilines is 1. The highest BCUT2D eigenvalue weighted by Crippen LogP contribution is 2.29. The van der Waals surface area contributed by atoms with Crippen molar-refractivity contribution in [1.29, 1.82) is 0 Å². The number of nitrogens with one attached hydrogen (secondary N) is 1. The lowest BCUT2D eigenvalue weighted by molar-refractivity contribution is -0.148. The van der Waals surface area contributed by atoms with E-state index < -0.39 is 23.9 Å². The molecular weight excluding hydrogens is 308 g/mol. The largest absolute Gasteiger partial charge is 0.481 e. The first kappa shape index (κ1) is 17.2. The van der Waals surface area contributed by atoms with E-state index in [1.165, 1.54) is 26.0 Å². The van der Waals surface area contributed by atoms with Gasteiger partial charge < -0.3 is 15.2 Å². The van der Waals surface area contributed by atoms with E-state index in [-0.39, 0.29) is 22.9 Å². The van der Waals surface area contributed by atoms with Gasteiger partial charge in [0.05, 0.1) is 10.4 Å². The van der Waals surface area contributed by atoms with Crippen molar-refractivity contribution >= 4 is 29.2 Å². The van der Waals surface area contributed by atoms with Crippen LogP contribution in [-0.2, 0) is 9.59 Å². The third-order valence-corrected chi connectivity index (χ3v) is 2.92. The Morgan fingerprint density at radius 3 is 2.57 bits per heavy atom. The van der Waals surface area contributed by atoms with Crippen molar-refractivity contribution in [2.24, 2.45) is 5.41 Å². The second-order valence-corrected chi connectivity index (χ2v) is 5.34. The smallest absolute Gasteiger partial charge is 0.387 e. The number of carbonyl (C=O) groups is 2. The molecule has 8 heteroatoms. The lowest BCUT2D eigenvalue weighted by Crippen LogP contribution is -2.29. The van der Waals surface area contributed by atoms with Gasteiger partial charge in [-0.1, -0.05) is 11.6 Å². The summed E-state index contributed by atoms with van der Waals surface area (Å²) in [5.74, 6) is -1.95. The summed E-state index contributed by atoms with van der Waals surface area (Å²) in [6, 6.07) is 3.82. The number of ether oxygens (including phenoxy) is 1. The number of carboxylic acid groups (broad SMARTS) is 1. The number of benzene rings is 1. The van der Waals surface area contributed by atoms with Crippen molar-refractivity contribution in [2.45, 2.75) is 26.9 Å². The minimum absolute atomic E-state index is 0.0286. The molecule has 0 bridgehead atoms. The minimum atomic E-state index is -3.04. The molecule has 21 heavy (non-hydrogen) atoms. The molecule has 1 rings (SSSR count). The van der Waals surface area contributed by atoms with Crippen LogP contribution in [-0.4, -0.2) is 23.6 Å². The first-order valence-electron chi connectivity index (χ1n) is 5.89. The molecule has 1 aromatic rings. The highest BCUT2D eigenvalue weighted by Gasteiger charge is 2.30. The van der Waals surface area contributed by atoms with E-state index in [0.717, 1.165) is 6.07 Å². The van der Waals surface area contributed by atoms with Crippen LogP contribution in [0.1, 0.15) is 20.3 Å². The Morgan fingerprint density at radius 2 is 2.05 bits per heavy atom. The Balaban J connectivity index is 2.79. The van der Waals surface area contributed by atoms with Crippen LogP contribution in [0.4, 0.5) is 14.5 Å². The summed E-state index contributed by atoms with van der Waals surface area (Å²) in [5.41, 5.74) is -1.06. The number of aliphatic carboxylic acids is 1. The maximum atomic E-state index is 12.2. The molecule has 2 N–H and O–H groups in total. The van der Waals surface area contributed by atoms with E-state index in [2.05, 4.69) is 10.1 Å². The van der Waals surface area contributed by atoms with E-state index in [4.69, 9.17) is 16.7 Å². The summed E-state index contributed by atoms with van der Waals surface area (Å²) in [6.07, 6.45) is -0.268. The number of amides is 1. The lowest BCUT2D eigenvalue weighted by atomic mass is 9.89. The molecule has 0 fully saturated rings. The molecule has 0 aliphatic heterocycles. The SMILES string of the molecule is CC(C)(CC(=O)Nc1ccc(Cl)c(OC(F)F)c1)C(=O)O. The van der Waals surface area contributed by atoms with Crippen LogP contribution in [0.2, 0.25) is 5.02 Å². The fraction of sp³-hybridized carbons (Fsp3) is 0.385. The van der Waals surface area contributed by atoms with Crippen LogP contribution in [0.25, 0.3) is 0 Å². The zero-order valence-electron chi connectivity index (χ0n) is 11.3. The standard InChI is InChI=1S/C13H14ClF2NO4/c1-13(2,11(19)20)6-10(18)17-7-3-4-8(14)9(5-7)21-12(15)16/h3-5,12H,6H2,1-2H3,(H,17,18)(H,19,20). The van der Waals surface area contributed by atoms with Gasteiger partial charge in [0.25, 0.3) is 0 Å². The zero-order valence-corrected chi connectivity index (χ0v) is 12.1. The number of rotatable bonds is 6. The van der Waals surface area contributed by atoms with Crippen molar-refractivity contribution in [2.75, 3.05) is 5.32 Å². The van der Waals surface area contributed by atoms with E-state index in [0.29, 0.717) is 0 Å². The van der Waals surface area contributed by atoms with Gasteiger partial charge in [0.15, 0.2) is 0 Å². The highest BCUT2D eigenvalue weighted by atomic mass is 35.5. The fourth-order valence-electron chi connectivity index (χ4n) is 1.45. The summed E-state index contributed by atoms with van der Waals surface area (Å²) >= 11 is 5.68. The number of alkyl halides is 2. The van der Waals surface area contributed by atoms with Gasteiger partial charge in [0, 0.05) is 18.2 Å². The maximum absolute atomic E-state index is 12.2. The number of carboxylic acids is 1. The van der Waals surface area contributed by atoms with Crippen LogP contribution in [0.5, 0.6) is 5.75 Å². The van der Waals surface area contributed by atoms with Crippen LogP contribution >= 0.6 is 11.6 Å². The molecule has 0 aliphatic rings. The summed E-state index contributed by atoms with van der Waals surface area (Å²) in [5, 5.41) is 11.3. The molecule has 0 aliphatic carbocycles. The molecule has 0 spiro atoms. The fourth-order valence-corrected chi connectivity index (χ4v) is 1.61. The van der Waals surface area contributed by atoms with Crippen molar-refractivity contribution in [3.8, 4) is 5.75 Å². The Morgan fingerprint density at radius 1 is 1.43 bits per heavy atom. The normalized spacial score (nSPS) is 11.3. The summed E-state index contributed by atoms with van der Waals surface area (Å²) < 4.78 is 28.5. The predicted molar refractivity (Wildman–Crippen MR) is 72.7 cm³/mol. The molecule has 0 aromatic heterocycles. The van der Waals surface area contributed by atoms with Gasteiger partial charge in [0.2, 0.25) is 5.91 Å². The molecule has 116 valence electrons. The second kappa shape index (κ2) is 6.71. The second-order valence-electron chi connectivity index (χ2n) is 4.94. The predicted octanol–water partition coefficient (Wildman–Crippen LogP) is 3.38. The average molecular weight is 322 g/mol.